The fourth-order valence-corrected chi connectivity index (χ4v) is 3.46. The predicted molar refractivity (Wildman–Crippen MR) is 107 cm³/mol. The van der Waals surface area contributed by atoms with Crippen LogP contribution in [-0.2, 0) is 15.6 Å². The first kappa shape index (κ1) is 19.3. The van der Waals surface area contributed by atoms with E-state index in [0.717, 1.165) is 17.4 Å². The molecule has 6 heteroatoms. The van der Waals surface area contributed by atoms with Gasteiger partial charge in [-0.1, -0.05) is 36.4 Å². The molecule has 0 aliphatic carbocycles. The van der Waals surface area contributed by atoms with Gasteiger partial charge in [0.15, 0.2) is 9.84 Å². The van der Waals surface area contributed by atoms with E-state index >= 15 is 0 Å². The van der Waals surface area contributed by atoms with Crippen LogP contribution in [0.25, 0.3) is 11.1 Å². The van der Waals surface area contributed by atoms with Gasteiger partial charge in [-0.05, 0) is 53.1 Å². The molecule has 0 radical (unpaired) electrons. The summed E-state index contributed by atoms with van der Waals surface area (Å²) in [6.07, 6.45) is 1.16. The number of nitrogens with zero attached hydrogens (tertiary/aromatic N) is 1. The summed E-state index contributed by atoms with van der Waals surface area (Å²) in [6.45, 7) is 0. The second-order valence-electron chi connectivity index (χ2n) is 6.37. The molecule has 28 heavy (non-hydrogen) atoms. The van der Waals surface area contributed by atoms with Gasteiger partial charge >= 0.3 is 5.97 Å². The average Bonchev–Trinajstić information content (AvgIpc) is 2.68. The maximum atomic E-state index is 12.3. The Balaban J connectivity index is 1.68. The van der Waals surface area contributed by atoms with E-state index in [-0.39, 0.29) is 5.75 Å². The van der Waals surface area contributed by atoms with Crippen LogP contribution in [-0.4, -0.2) is 20.6 Å². The second-order valence-corrected chi connectivity index (χ2v) is 8.51. The highest BCUT2D eigenvalue weighted by Crippen LogP contribution is 2.23. The molecule has 0 aliphatic heterocycles. The first-order valence-corrected chi connectivity index (χ1v) is 10.5. The van der Waals surface area contributed by atoms with Gasteiger partial charge in [0.1, 0.15) is 5.75 Å². The number of sulfone groups is 1. The maximum Gasteiger partial charge on any atom is 0.343 e. The molecule has 0 spiro atoms. The van der Waals surface area contributed by atoms with Crippen LogP contribution in [0.2, 0.25) is 0 Å². The van der Waals surface area contributed by atoms with E-state index in [2.05, 4.69) is 6.07 Å². The lowest BCUT2D eigenvalue weighted by atomic mass is 10.0. The van der Waals surface area contributed by atoms with Crippen molar-refractivity contribution in [3.8, 4) is 22.9 Å². The average molecular weight is 391 g/mol. The molecule has 0 amide bonds. The van der Waals surface area contributed by atoms with Crippen LogP contribution in [0.5, 0.6) is 5.75 Å². The lowest BCUT2D eigenvalue weighted by Gasteiger charge is -2.07. The largest absolute Gasteiger partial charge is 0.423 e. The topological polar surface area (TPSA) is 84.2 Å². The van der Waals surface area contributed by atoms with E-state index in [1.807, 2.05) is 24.3 Å². The normalized spacial score (nSPS) is 10.9. The van der Waals surface area contributed by atoms with Crippen molar-refractivity contribution in [3.05, 3.63) is 89.5 Å². The molecule has 140 valence electrons. The molecule has 5 nitrogen and oxygen atoms in total. The number of rotatable bonds is 5. The first-order valence-electron chi connectivity index (χ1n) is 8.43. The van der Waals surface area contributed by atoms with Crippen molar-refractivity contribution >= 4 is 15.8 Å². The van der Waals surface area contributed by atoms with Crippen LogP contribution in [0.1, 0.15) is 21.5 Å². The van der Waals surface area contributed by atoms with E-state index in [9.17, 15) is 13.2 Å². The van der Waals surface area contributed by atoms with Gasteiger partial charge in [-0.25, -0.2) is 13.2 Å². The first-order chi connectivity index (χ1) is 13.3. The second kappa shape index (κ2) is 8.07. The van der Waals surface area contributed by atoms with Gasteiger partial charge in [0, 0.05) is 6.26 Å². The number of hydrogen-bond acceptors (Lipinski definition) is 5. The molecule has 0 fully saturated rings. The molecule has 0 unspecified atom stereocenters. The molecule has 3 aromatic rings. The van der Waals surface area contributed by atoms with Gasteiger partial charge in [-0.15, -0.1) is 0 Å². The third kappa shape index (κ3) is 5.06. The molecular weight excluding hydrogens is 374 g/mol. The van der Waals surface area contributed by atoms with E-state index in [4.69, 9.17) is 10.00 Å². The Bertz CT molecular complexity index is 1130. The van der Waals surface area contributed by atoms with E-state index < -0.39 is 15.8 Å². The Morgan fingerprint density at radius 3 is 1.93 bits per heavy atom. The van der Waals surface area contributed by atoms with Crippen molar-refractivity contribution in [3.63, 3.8) is 0 Å². The van der Waals surface area contributed by atoms with Crippen molar-refractivity contribution < 1.29 is 17.9 Å². The number of hydrogen-bond donors (Lipinski definition) is 0. The van der Waals surface area contributed by atoms with Gasteiger partial charge in [0.05, 0.1) is 22.9 Å². The number of ether oxygens (including phenoxy) is 1. The molecule has 0 aliphatic rings. The summed E-state index contributed by atoms with van der Waals surface area (Å²) < 4.78 is 28.0. The van der Waals surface area contributed by atoms with Gasteiger partial charge < -0.3 is 4.74 Å². The van der Waals surface area contributed by atoms with Crippen molar-refractivity contribution in [1.29, 1.82) is 5.26 Å². The molecule has 0 saturated carbocycles. The Labute approximate surface area is 163 Å². The summed E-state index contributed by atoms with van der Waals surface area (Å²) in [6, 6.07) is 22.7. The monoisotopic (exact) mass is 391 g/mol. The zero-order valence-electron chi connectivity index (χ0n) is 15.1. The van der Waals surface area contributed by atoms with Crippen LogP contribution in [0.3, 0.4) is 0 Å². The van der Waals surface area contributed by atoms with Gasteiger partial charge in [-0.2, -0.15) is 5.26 Å². The van der Waals surface area contributed by atoms with Crippen LogP contribution in [0.15, 0.2) is 72.8 Å². The molecule has 0 aromatic heterocycles. The third-order valence-electron chi connectivity index (χ3n) is 4.03. The van der Waals surface area contributed by atoms with Crippen molar-refractivity contribution in [2.24, 2.45) is 0 Å². The molecule has 3 rings (SSSR count). The minimum absolute atomic E-state index is 0.0703. The summed E-state index contributed by atoms with van der Waals surface area (Å²) in [5.41, 5.74) is 3.45. The zero-order chi connectivity index (χ0) is 20.1. The predicted octanol–water partition coefficient (Wildman–Crippen LogP) is 3.99. The number of benzene rings is 3. The van der Waals surface area contributed by atoms with Gasteiger partial charge in [-0.3, -0.25) is 0 Å². The summed E-state index contributed by atoms with van der Waals surface area (Å²) in [4.78, 5) is 12.3. The van der Waals surface area contributed by atoms with Gasteiger partial charge in [0.25, 0.3) is 0 Å². The molecule has 0 saturated heterocycles. The van der Waals surface area contributed by atoms with Crippen LogP contribution >= 0.6 is 0 Å². The van der Waals surface area contributed by atoms with Crippen LogP contribution in [0.4, 0.5) is 0 Å². The summed E-state index contributed by atoms with van der Waals surface area (Å²) in [5, 5.41) is 8.85. The zero-order valence-corrected chi connectivity index (χ0v) is 15.9. The number of nitriles is 1. The quantitative estimate of drug-likeness (QED) is 0.485. The van der Waals surface area contributed by atoms with Crippen LogP contribution in [0, 0.1) is 11.3 Å². The lowest BCUT2D eigenvalue weighted by molar-refractivity contribution is 0.0735. The lowest BCUT2D eigenvalue weighted by Crippen LogP contribution is -2.09. The van der Waals surface area contributed by atoms with Crippen LogP contribution < -0.4 is 4.74 Å². The number of carbonyl (C=O) groups excluding carboxylic acids is 1. The Kier molecular flexibility index (Phi) is 5.57. The SMILES string of the molecule is CS(=O)(=O)Cc1ccc(C(=O)Oc2ccc(-c3ccc(C#N)cc3)cc2)cc1. The standard InChI is InChI=1S/C22H17NO4S/c1-28(25,26)15-17-4-8-20(9-5-17)22(24)27-21-12-10-19(11-13-21)18-6-2-16(14-23)3-7-18/h2-13H,15H2,1H3. The highest BCUT2D eigenvalue weighted by atomic mass is 32.2. The Hall–Kier alpha value is -3.43. The highest BCUT2D eigenvalue weighted by molar-refractivity contribution is 7.89. The highest BCUT2D eigenvalue weighted by Gasteiger charge is 2.10. The maximum absolute atomic E-state index is 12.3. The Morgan fingerprint density at radius 2 is 1.43 bits per heavy atom. The van der Waals surface area contributed by atoms with Crippen molar-refractivity contribution in [2.75, 3.05) is 6.26 Å². The van der Waals surface area contributed by atoms with E-state index in [1.54, 1.807) is 48.5 Å². The summed E-state index contributed by atoms with van der Waals surface area (Å²) in [5.74, 6) is -0.182. The molecule has 0 bridgehead atoms. The van der Waals surface area contributed by atoms with Crippen molar-refractivity contribution in [2.45, 2.75) is 5.75 Å². The molecular formula is C22H17NO4S. The number of esters is 1. The molecule has 3 aromatic carbocycles. The van der Waals surface area contributed by atoms with Gasteiger partial charge in [0.2, 0.25) is 0 Å². The Morgan fingerprint density at radius 1 is 0.893 bits per heavy atom. The summed E-state index contributed by atoms with van der Waals surface area (Å²) in [7, 11) is -3.12. The molecule has 0 atom stereocenters. The summed E-state index contributed by atoms with van der Waals surface area (Å²) >= 11 is 0. The molecule has 0 N–H and O–H groups in total. The van der Waals surface area contributed by atoms with E-state index in [0.29, 0.717) is 22.4 Å². The third-order valence-corrected chi connectivity index (χ3v) is 4.89. The fourth-order valence-electron chi connectivity index (χ4n) is 2.66. The van der Waals surface area contributed by atoms with Crippen molar-refractivity contribution in [1.82, 2.24) is 0 Å². The minimum Gasteiger partial charge on any atom is -0.423 e. The minimum atomic E-state index is -3.12. The number of carbonyl (C=O) groups is 1. The smallest absolute Gasteiger partial charge is 0.343 e. The van der Waals surface area contributed by atoms with E-state index in [1.165, 1.54) is 0 Å². The molecule has 0 heterocycles. The fraction of sp³-hybridized carbons (Fsp3) is 0.0909.